The highest BCUT2D eigenvalue weighted by molar-refractivity contribution is 14.1. The molecule has 0 aromatic heterocycles. The molecule has 0 radical (unpaired) electrons. The van der Waals surface area contributed by atoms with Crippen molar-refractivity contribution in [2.24, 2.45) is 16.1 Å². The molecule has 2 aromatic carbocycles. The first-order valence-electron chi connectivity index (χ1n) is 16.8. The number of carbonyl (C=O) groups is 3. The maximum atomic E-state index is 15.6. The minimum Gasteiger partial charge on any atom is -0.446 e. The van der Waals surface area contributed by atoms with Crippen molar-refractivity contribution in [3.63, 3.8) is 0 Å². The van der Waals surface area contributed by atoms with Gasteiger partial charge in [0.05, 0.1) is 12.1 Å². The summed E-state index contributed by atoms with van der Waals surface area (Å²) in [4.78, 5) is 42.2. The number of hydrogen-bond acceptors (Lipinski definition) is 9. The van der Waals surface area contributed by atoms with Crippen LogP contribution in [0.5, 0.6) is 0 Å². The van der Waals surface area contributed by atoms with Crippen LogP contribution in [0.25, 0.3) is 5.70 Å². The van der Waals surface area contributed by atoms with E-state index >= 15 is 8.78 Å². The van der Waals surface area contributed by atoms with Crippen LogP contribution in [0.1, 0.15) is 71.1 Å². The highest BCUT2D eigenvalue weighted by atomic mass is 127. The Kier molecular flexibility index (Phi) is 15.5. The summed E-state index contributed by atoms with van der Waals surface area (Å²) < 4.78 is 67.6. The van der Waals surface area contributed by atoms with Crippen molar-refractivity contribution in [2.45, 2.75) is 104 Å². The lowest BCUT2D eigenvalue weighted by molar-refractivity contribution is -0.131. The van der Waals surface area contributed by atoms with Crippen LogP contribution < -0.4 is 21.8 Å². The standard InChI is InChI=1S/C36H47F4IN6O6/c1-35(2,3)30(45-33(50)52-23-11-12-23)31(49)46-47(18-24-25(37)16-21(17-26(24)38)27(42)13-14-43-32(39)40)19-29(48)28(44-34(51)53-36(4,5)6)15-20-7-9-22(41)10-8-20/h7-10,13-14,16-17,23,28-30,32,48H,11-12,15,18-19,42H2,1-6H3,(H,44,51)(H,45,50)(H,46,49)/t28-,29-,30+/m0/s1. The lowest BCUT2D eigenvalue weighted by Gasteiger charge is -2.34. The number of alkyl halides is 2. The van der Waals surface area contributed by atoms with Gasteiger partial charge >= 0.3 is 18.7 Å². The van der Waals surface area contributed by atoms with Crippen LogP contribution in [-0.4, -0.2) is 77.4 Å². The van der Waals surface area contributed by atoms with Crippen molar-refractivity contribution in [1.29, 1.82) is 0 Å². The fraction of sp³-hybridized carbons (Fsp3) is 0.500. The Morgan fingerprint density at radius 1 is 1.04 bits per heavy atom. The number of benzene rings is 2. The molecule has 1 aliphatic carbocycles. The summed E-state index contributed by atoms with van der Waals surface area (Å²) in [6.45, 7) is 5.96. The molecule has 292 valence electrons. The zero-order valence-corrected chi connectivity index (χ0v) is 32.5. The van der Waals surface area contributed by atoms with Crippen LogP contribution in [0.2, 0.25) is 0 Å². The molecule has 6 N–H and O–H groups in total. The van der Waals surface area contributed by atoms with Gasteiger partial charge in [0.25, 0.3) is 5.91 Å². The van der Waals surface area contributed by atoms with Crippen molar-refractivity contribution in [3.8, 4) is 0 Å². The number of ether oxygens (including phenoxy) is 2. The van der Waals surface area contributed by atoms with Crippen molar-refractivity contribution in [3.05, 3.63) is 74.4 Å². The number of halogens is 5. The van der Waals surface area contributed by atoms with E-state index in [-0.39, 0.29) is 23.8 Å². The van der Waals surface area contributed by atoms with Gasteiger partial charge in [-0.25, -0.2) is 28.4 Å². The number of amides is 3. The average Bonchev–Trinajstić information content (AvgIpc) is 3.84. The number of aliphatic hydroxyl groups excluding tert-OH is 1. The maximum Gasteiger partial charge on any atom is 0.408 e. The van der Waals surface area contributed by atoms with E-state index in [9.17, 15) is 28.3 Å². The molecule has 1 saturated carbocycles. The molecule has 0 bridgehead atoms. The van der Waals surface area contributed by atoms with Gasteiger partial charge in [-0.3, -0.25) is 10.2 Å². The van der Waals surface area contributed by atoms with E-state index in [4.69, 9.17) is 15.2 Å². The van der Waals surface area contributed by atoms with Crippen molar-refractivity contribution in [2.75, 3.05) is 6.54 Å². The third kappa shape index (κ3) is 15.1. The topological polar surface area (TPSA) is 168 Å². The highest BCUT2D eigenvalue weighted by Crippen LogP contribution is 2.26. The Labute approximate surface area is 320 Å². The molecule has 0 aliphatic heterocycles. The summed E-state index contributed by atoms with van der Waals surface area (Å²) in [5.41, 5.74) is 6.46. The molecule has 0 unspecified atom stereocenters. The lowest BCUT2D eigenvalue weighted by Crippen LogP contribution is -2.59. The van der Waals surface area contributed by atoms with E-state index in [0.29, 0.717) is 19.1 Å². The fourth-order valence-corrected chi connectivity index (χ4v) is 5.26. The number of allylic oxidation sites excluding steroid dienone is 1. The second-order valence-corrected chi connectivity index (χ2v) is 15.9. The van der Waals surface area contributed by atoms with Crippen LogP contribution in [-0.2, 0) is 27.2 Å². The monoisotopic (exact) mass is 862 g/mol. The van der Waals surface area contributed by atoms with Crippen molar-refractivity contribution >= 4 is 52.6 Å². The molecular formula is C36H47F4IN6O6. The van der Waals surface area contributed by atoms with Gasteiger partial charge in [0.1, 0.15) is 29.4 Å². The molecule has 12 nitrogen and oxygen atoms in total. The van der Waals surface area contributed by atoms with Gasteiger partial charge in [0.15, 0.2) is 0 Å². The number of alkyl carbamates (subject to hydrolysis) is 2. The predicted octanol–water partition coefficient (Wildman–Crippen LogP) is 5.80. The zero-order valence-electron chi connectivity index (χ0n) is 30.4. The molecule has 2 aromatic rings. The first-order chi connectivity index (χ1) is 24.6. The molecule has 0 heterocycles. The Bertz CT molecular complexity index is 1620. The average molecular weight is 863 g/mol. The van der Waals surface area contributed by atoms with Gasteiger partial charge in [-0.15, -0.1) is 0 Å². The quantitative estimate of drug-likeness (QED) is 0.0493. The SMILES string of the molecule is CC(C)(C)OC(=O)N[C@@H](Cc1ccc(I)cc1)[C@@H](O)CN(Cc1c(F)cc(C(N)=CC=NC(F)F)cc1F)NC(=O)[C@@H](NC(=O)OC1CC1)C(C)(C)C. The van der Waals surface area contributed by atoms with Crippen molar-refractivity contribution in [1.82, 2.24) is 21.1 Å². The molecular weight excluding hydrogens is 815 g/mol. The fourth-order valence-electron chi connectivity index (χ4n) is 4.90. The number of rotatable bonds is 15. The van der Waals surface area contributed by atoms with E-state index in [1.165, 1.54) is 0 Å². The summed E-state index contributed by atoms with van der Waals surface area (Å²) in [5.74, 6) is -2.98. The number of nitrogens with two attached hydrogens (primary N) is 1. The smallest absolute Gasteiger partial charge is 0.408 e. The number of aliphatic imine (C=N–C) groups is 1. The minimum atomic E-state index is -3.00. The van der Waals surface area contributed by atoms with Gasteiger partial charge in [0, 0.05) is 39.7 Å². The van der Waals surface area contributed by atoms with Crippen LogP contribution in [0.3, 0.4) is 0 Å². The van der Waals surface area contributed by atoms with Gasteiger partial charge in [0.2, 0.25) is 0 Å². The third-order valence-electron chi connectivity index (χ3n) is 7.68. The molecule has 0 saturated heterocycles. The Hall–Kier alpha value is -3.97. The second kappa shape index (κ2) is 18.9. The Morgan fingerprint density at radius 2 is 1.64 bits per heavy atom. The van der Waals surface area contributed by atoms with E-state index in [1.54, 1.807) is 41.5 Å². The first kappa shape index (κ1) is 43.4. The van der Waals surface area contributed by atoms with Crippen molar-refractivity contribution < 1.29 is 46.5 Å². The predicted molar refractivity (Wildman–Crippen MR) is 199 cm³/mol. The maximum absolute atomic E-state index is 15.6. The number of nitrogens with zero attached hydrogens (tertiary/aromatic N) is 2. The van der Waals surface area contributed by atoms with Crippen LogP contribution >= 0.6 is 22.6 Å². The van der Waals surface area contributed by atoms with Crippen LogP contribution in [0.4, 0.5) is 27.2 Å². The Balaban J connectivity index is 1.98. The second-order valence-electron chi connectivity index (χ2n) is 14.7. The summed E-state index contributed by atoms with van der Waals surface area (Å²) in [7, 11) is 0. The third-order valence-corrected chi connectivity index (χ3v) is 8.40. The number of hydrazine groups is 1. The molecule has 53 heavy (non-hydrogen) atoms. The van der Waals surface area contributed by atoms with E-state index < -0.39 is 84.1 Å². The lowest BCUT2D eigenvalue weighted by atomic mass is 9.86. The zero-order chi connectivity index (χ0) is 39.7. The number of nitrogens with one attached hydrogen (secondary N) is 3. The normalized spacial score (nSPS) is 15.6. The van der Waals surface area contributed by atoms with Gasteiger partial charge in [-0.1, -0.05) is 32.9 Å². The van der Waals surface area contributed by atoms with Gasteiger partial charge in [-0.05, 0) is 104 Å². The van der Waals surface area contributed by atoms with Crippen LogP contribution in [0.15, 0.2) is 47.5 Å². The molecule has 17 heteroatoms. The molecule has 3 atom stereocenters. The number of carbonyl (C=O) groups excluding carboxylic acids is 3. The highest BCUT2D eigenvalue weighted by Gasteiger charge is 2.37. The first-order valence-corrected chi connectivity index (χ1v) is 17.9. The molecule has 1 fully saturated rings. The molecule has 3 rings (SSSR count). The molecule has 0 spiro atoms. The van der Waals surface area contributed by atoms with Crippen LogP contribution in [0, 0.1) is 20.6 Å². The van der Waals surface area contributed by atoms with E-state index in [0.717, 1.165) is 32.4 Å². The van der Waals surface area contributed by atoms with E-state index in [1.807, 2.05) is 24.3 Å². The summed E-state index contributed by atoms with van der Waals surface area (Å²) >= 11 is 2.14. The number of hydrogen-bond donors (Lipinski definition) is 5. The molecule has 3 amide bonds. The minimum absolute atomic E-state index is 0.107. The molecule has 1 aliphatic rings. The summed E-state index contributed by atoms with van der Waals surface area (Å²) in [6, 6.07) is 6.85. The summed E-state index contributed by atoms with van der Waals surface area (Å²) in [5, 5.41) is 17.9. The van der Waals surface area contributed by atoms with Gasteiger partial charge < -0.3 is 30.9 Å². The summed E-state index contributed by atoms with van der Waals surface area (Å²) in [6.07, 6.45) is -0.183. The van der Waals surface area contributed by atoms with E-state index in [2.05, 4.69) is 43.6 Å². The Morgan fingerprint density at radius 3 is 2.17 bits per heavy atom. The largest absolute Gasteiger partial charge is 0.446 e. The number of aliphatic hydroxyl groups is 1. The van der Waals surface area contributed by atoms with Gasteiger partial charge in [-0.2, -0.15) is 8.78 Å².